The standard InChI is InChI=1S/C15H23ClN2OS/c1-3-7-13-10-12(11-14(16)18-13)15(19)17-8-5-4-6-9-20-2/h10-11H,3-9H2,1-2H3,(H,17,19). The fourth-order valence-corrected chi connectivity index (χ4v) is 2.64. The first kappa shape index (κ1) is 17.3. The predicted molar refractivity (Wildman–Crippen MR) is 87.8 cm³/mol. The van der Waals surface area contributed by atoms with Crippen LogP contribution in [0.15, 0.2) is 12.1 Å². The number of amides is 1. The average molecular weight is 315 g/mol. The number of hydrogen-bond acceptors (Lipinski definition) is 3. The molecule has 1 aromatic rings. The lowest BCUT2D eigenvalue weighted by atomic mass is 10.1. The third-order valence-corrected chi connectivity index (χ3v) is 3.82. The molecule has 3 nitrogen and oxygen atoms in total. The van der Waals surface area contributed by atoms with Gasteiger partial charge in [-0.3, -0.25) is 4.79 Å². The second kappa shape index (κ2) is 10.1. The van der Waals surface area contributed by atoms with Gasteiger partial charge in [-0.25, -0.2) is 4.98 Å². The number of unbranched alkanes of at least 4 members (excludes halogenated alkanes) is 2. The van der Waals surface area contributed by atoms with Gasteiger partial charge in [0.2, 0.25) is 0 Å². The molecule has 1 amide bonds. The van der Waals surface area contributed by atoms with Crippen LogP contribution in [0.2, 0.25) is 5.15 Å². The summed E-state index contributed by atoms with van der Waals surface area (Å²) in [5.41, 5.74) is 1.49. The number of carbonyl (C=O) groups is 1. The molecule has 0 aromatic carbocycles. The molecule has 0 spiro atoms. The molecule has 0 aliphatic carbocycles. The maximum absolute atomic E-state index is 12.0. The number of carbonyl (C=O) groups excluding carboxylic acids is 1. The molecule has 1 aromatic heterocycles. The zero-order chi connectivity index (χ0) is 14.8. The SMILES string of the molecule is CCCc1cc(C(=O)NCCCCCSC)cc(Cl)n1. The highest BCUT2D eigenvalue weighted by molar-refractivity contribution is 7.98. The number of thioether (sulfide) groups is 1. The Kier molecular flexibility index (Phi) is 8.70. The summed E-state index contributed by atoms with van der Waals surface area (Å²) in [6, 6.07) is 3.46. The highest BCUT2D eigenvalue weighted by Crippen LogP contribution is 2.12. The Morgan fingerprint density at radius 1 is 1.35 bits per heavy atom. The molecule has 0 unspecified atom stereocenters. The van der Waals surface area contributed by atoms with Gasteiger partial charge in [0, 0.05) is 17.8 Å². The van der Waals surface area contributed by atoms with Crippen LogP contribution in [0.4, 0.5) is 0 Å². The summed E-state index contributed by atoms with van der Waals surface area (Å²) in [6.07, 6.45) is 7.33. The van der Waals surface area contributed by atoms with Gasteiger partial charge in [-0.15, -0.1) is 0 Å². The summed E-state index contributed by atoms with van der Waals surface area (Å²) in [6.45, 7) is 2.80. The van der Waals surface area contributed by atoms with E-state index in [0.717, 1.165) is 37.9 Å². The van der Waals surface area contributed by atoms with Gasteiger partial charge in [0.15, 0.2) is 0 Å². The monoisotopic (exact) mass is 314 g/mol. The second-order valence-electron chi connectivity index (χ2n) is 4.73. The topological polar surface area (TPSA) is 42.0 Å². The minimum atomic E-state index is -0.0588. The number of pyridine rings is 1. The number of hydrogen-bond donors (Lipinski definition) is 1. The highest BCUT2D eigenvalue weighted by Gasteiger charge is 2.08. The molecule has 0 aliphatic heterocycles. The third-order valence-electron chi connectivity index (χ3n) is 2.93. The summed E-state index contributed by atoms with van der Waals surface area (Å²) < 4.78 is 0. The smallest absolute Gasteiger partial charge is 0.251 e. The van der Waals surface area contributed by atoms with Crippen LogP contribution in [0.3, 0.4) is 0 Å². The van der Waals surface area contributed by atoms with E-state index in [1.165, 1.54) is 12.2 Å². The lowest BCUT2D eigenvalue weighted by molar-refractivity contribution is 0.0952. The van der Waals surface area contributed by atoms with Crippen molar-refractivity contribution in [3.8, 4) is 0 Å². The molecular weight excluding hydrogens is 292 g/mol. The van der Waals surface area contributed by atoms with Gasteiger partial charge in [0.1, 0.15) is 5.15 Å². The Labute approximate surface area is 130 Å². The molecule has 20 heavy (non-hydrogen) atoms. The quantitative estimate of drug-likeness (QED) is 0.554. The van der Waals surface area contributed by atoms with E-state index in [-0.39, 0.29) is 5.91 Å². The van der Waals surface area contributed by atoms with Crippen molar-refractivity contribution in [1.29, 1.82) is 0 Å². The van der Waals surface area contributed by atoms with Crippen LogP contribution in [0, 0.1) is 0 Å². The summed E-state index contributed by atoms with van der Waals surface area (Å²) in [5.74, 6) is 1.13. The molecule has 5 heteroatoms. The van der Waals surface area contributed by atoms with Crippen molar-refractivity contribution in [3.63, 3.8) is 0 Å². The molecule has 0 radical (unpaired) electrons. The number of aromatic nitrogens is 1. The lowest BCUT2D eigenvalue weighted by Crippen LogP contribution is -2.24. The van der Waals surface area contributed by atoms with Crippen LogP contribution in [0.5, 0.6) is 0 Å². The van der Waals surface area contributed by atoms with Crippen LogP contribution in [0.1, 0.15) is 48.7 Å². The minimum absolute atomic E-state index is 0.0588. The second-order valence-corrected chi connectivity index (χ2v) is 6.10. The van der Waals surface area contributed by atoms with Gasteiger partial charge in [0.05, 0.1) is 0 Å². The zero-order valence-electron chi connectivity index (χ0n) is 12.2. The molecule has 0 aliphatic rings. The Balaban J connectivity index is 2.42. The summed E-state index contributed by atoms with van der Waals surface area (Å²) >= 11 is 7.82. The van der Waals surface area contributed by atoms with E-state index in [1.54, 1.807) is 6.07 Å². The predicted octanol–water partition coefficient (Wildman–Crippen LogP) is 3.95. The van der Waals surface area contributed by atoms with Crippen molar-refractivity contribution in [3.05, 3.63) is 28.5 Å². The molecule has 0 atom stereocenters. The highest BCUT2D eigenvalue weighted by atomic mass is 35.5. The van der Waals surface area contributed by atoms with Crippen molar-refractivity contribution < 1.29 is 4.79 Å². The molecule has 112 valence electrons. The Bertz CT molecular complexity index is 426. The van der Waals surface area contributed by atoms with Crippen LogP contribution in [0.25, 0.3) is 0 Å². The van der Waals surface area contributed by atoms with Crippen LogP contribution in [-0.4, -0.2) is 29.4 Å². The van der Waals surface area contributed by atoms with E-state index in [0.29, 0.717) is 10.7 Å². The molecule has 0 saturated carbocycles. The summed E-state index contributed by atoms with van der Waals surface area (Å²) in [4.78, 5) is 16.3. The maximum atomic E-state index is 12.0. The minimum Gasteiger partial charge on any atom is -0.352 e. The van der Waals surface area contributed by atoms with Gasteiger partial charge >= 0.3 is 0 Å². The van der Waals surface area contributed by atoms with Crippen molar-refractivity contribution in [2.45, 2.75) is 39.0 Å². The first-order valence-electron chi connectivity index (χ1n) is 7.11. The third kappa shape index (κ3) is 6.62. The number of nitrogens with zero attached hydrogens (tertiary/aromatic N) is 1. The van der Waals surface area contributed by atoms with Crippen molar-refractivity contribution in [2.24, 2.45) is 0 Å². The van der Waals surface area contributed by atoms with Crippen molar-refractivity contribution in [2.75, 3.05) is 18.6 Å². The van der Waals surface area contributed by atoms with E-state index < -0.39 is 0 Å². The summed E-state index contributed by atoms with van der Waals surface area (Å²) in [7, 11) is 0. The molecule has 1 heterocycles. The molecule has 1 N–H and O–H groups in total. The Hall–Kier alpha value is -0.740. The summed E-state index contributed by atoms with van der Waals surface area (Å²) in [5, 5.41) is 3.33. The fourth-order valence-electron chi connectivity index (χ4n) is 1.92. The number of rotatable bonds is 9. The van der Waals surface area contributed by atoms with Crippen molar-refractivity contribution in [1.82, 2.24) is 10.3 Å². The largest absolute Gasteiger partial charge is 0.352 e. The van der Waals surface area contributed by atoms with Crippen LogP contribution >= 0.6 is 23.4 Å². The maximum Gasteiger partial charge on any atom is 0.251 e. The first-order valence-corrected chi connectivity index (χ1v) is 8.88. The Morgan fingerprint density at radius 3 is 2.85 bits per heavy atom. The number of aryl methyl sites for hydroxylation is 1. The molecule has 1 rings (SSSR count). The lowest BCUT2D eigenvalue weighted by Gasteiger charge is -2.07. The normalized spacial score (nSPS) is 10.6. The van der Waals surface area contributed by atoms with Gasteiger partial charge < -0.3 is 5.32 Å². The van der Waals surface area contributed by atoms with Gasteiger partial charge in [-0.1, -0.05) is 31.4 Å². The van der Waals surface area contributed by atoms with E-state index in [2.05, 4.69) is 23.5 Å². The van der Waals surface area contributed by atoms with E-state index >= 15 is 0 Å². The average Bonchev–Trinajstić information content (AvgIpc) is 2.42. The van der Waals surface area contributed by atoms with E-state index in [4.69, 9.17) is 11.6 Å². The van der Waals surface area contributed by atoms with Gasteiger partial charge in [0.25, 0.3) is 5.91 Å². The van der Waals surface area contributed by atoms with Crippen LogP contribution in [-0.2, 0) is 6.42 Å². The number of halogens is 1. The molecule has 0 fully saturated rings. The van der Waals surface area contributed by atoms with Gasteiger partial charge in [-0.2, -0.15) is 11.8 Å². The van der Waals surface area contributed by atoms with E-state index in [9.17, 15) is 4.79 Å². The van der Waals surface area contributed by atoms with Crippen molar-refractivity contribution >= 4 is 29.3 Å². The van der Waals surface area contributed by atoms with E-state index in [1.807, 2.05) is 17.8 Å². The molecular formula is C15H23ClN2OS. The first-order chi connectivity index (χ1) is 9.67. The van der Waals surface area contributed by atoms with Gasteiger partial charge in [-0.05, 0) is 43.4 Å². The number of nitrogens with one attached hydrogen (secondary N) is 1. The Morgan fingerprint density at radius 2 is 2.15 bits per heavy atom. The zero-order valence-corrected chi connectivity index (χ0v) is 13.8. The molecule has 0 bridgehead atoms. The fraction of sp³-hybridized carbons (Fsp3) is 0.600. The molecule has 0 saturated heterocycles. The van der Waals surface area contributed by atoms with Crippen LogP contribution < -0.4 is 5.32 Å².